The molecule has 0 aliphatic carbocycles. The summed E-state index contributed by atoms with van der Waals surface area (Å²) in [6.45, 7) is 1.95. The van der Waals surface area contributed by atoms with Gasteiger partial charge in [-0.25, -0.2) is 13.1 Å². The van der Waals surface area contributed by atoms with Crippen LogP contribution in [0.2, 0.25) is 0 Å². The Morgan fingerprint density at radius 1 is 1.03 bits per heavy atom. The lowest BCUT2D eigenvalue weighted by atomic mass is 10.1. The Labute approximate surface area is 172 Å². The molecular formula is C22H29N3O3S. The van der Waals surface area contributed by atoms with E-state index >= 15 is 0 Å². The van der Waals surface area contributed by atoms with E-state index in [-0.39, 0.29) is 4.90 Å². The number of ether oxygens (including phenoxy) is 1. The van der Waals surface area contributed by atoms with Crippen molar-refractivity contribution in [3.05, 3.63) is 60.3 Å². The predicted molar refractivity (Wildman–Crippen MR) is 117 cm³/mol. The Hall–Kier alpha value is -2.35. The predicted octanol–water partition coefficient (Wildman–Crippen LogP) is 3.41. The van der Waals surface area contributed by atoms with Crippen LogP contribution in [0.1, 0.15) is 18.4 Å². The molecular weight excluding hydrogens is 386 g/mol. The molecule has 0 radical (unpaired) electrons. The molecule has 0 aliphatic heterocycles. The van der Waals surface area contributed by atoms with E-state index in [1.165, 1.54) is 10.9 Å². The number of para-hydroxylation sites is 1. The highest BCUT2D eigenvalue weighted by Gasteiger charge is 2.13. The van der Waals surface area contributed by atoms with Crippen LogP contribution in [0, 0.1) is 0 Å². The number of rotatable bonds is 11. The number of nitrogens with zero attached hydrogens (tertiary/aromatic N) is 1. The van der Waals surface area contributed by atoms with Crippen molar-refractivity contribution in [2.75, 3.05) is 33.8 Å². The van der Waals surface area contributed by atoms with Crippen LogP contribution < -0.4 is 9.46 Å². The molecule has 0 spiro atoms. The lowest BCUT2D eigenvalue weighted by Crippen LogP contribution is -2.25. The fourth-order valence-corrected chi connectivity index (χ4v) is 4.27. The second kappa shape index (κ2) is 9.91. The number of aryl methyl sites for hydroxylation is 1. The topological polar surface area (TPSA) is 74.4 Å². The molecule has 7 heteroatoms. The summed E-state index contributed by atoms with van der Waals surface area (Å²) in [6.07, 6.45) is 4.46. The van der Waals surface area contributed by atoms with E-state index in [9.17, 15) is 8.42 Å². The van der Waals surface area contributed by atoms with Gasteiger partial charge in [0.2, 0.25) is 10.0 Å². The van der Waals surface area contributed by atoms with Crippen molar-refractivity contribution >= 4 is 20.9 Å². The summed E-state index contributed by atoms with van der Waals surface area (Å²) in [4.78, 5) is 5.60. The van der Waals surface area contributed by atoms with E-state index in [1.54, 1.807) is 24.3 Å². The Bertz CT molecular complexity index is 1010. The average molecular weight is 416 g/mol. The summed E-state index contributed by atoms with van der Waals surface area (Å²) in [5, 5.41) is 1.19. The molecule has 156 valence electrons. The highest BCUT2D eigenvalue weighted by atomic mass is 32.2. The minimum absolute atomic E-state index is 0.255. The molecule has 0 fully saturated rings. The molecule has 2 aromatic carbocycles. The molecule has 6 nitrogen and oxygen atoms in total. The van der Waals surface area contributed by atoms with Gasteiger partial charge in [-0.3, -0.25) is 0 Å². The summed E-state index contributed by atoms with van der Waals surface area (Å²) in [6, 6.07) is 14.7. The maximum absolute atomic E-state index is 12.5. The largest absolute Gasteiger partial charge is 0.494 e. The highest BCUT2D eigenvalue weighted by molar-refractivity contribution is 7.89. The lowest BCUT2D eigenvalue weighted by molar-refractivity contribution is 0.281. The first-order valence-corrected chi connectivity index (χ1v) is 11.4. The zero-order chi connectivity index (χ0) is 20.7. The minimum atomic E-state index is -3.52. The quantitative estimate of drug-likeness (QED) is 0.471. The van der Waals surface area contributed by atoms with Crippen molar-refractivity contribution in [2.24, 2.45) is 0 Å². The van der Waals surface area contributed by atoms with Gasteiger partial charge in [0.25, 0.3) is 0 Å². The molecule has 0 saturated carbocycles. The highest BCUT2D eigenvalue weighted by Crippen LogP contribution is 2.19. The van der Waals surface area contributed by atoms with Crippen LogP contribution in [0.3, 0.4) is 0 Å². The second-order valence-corrected chi connectivity index (χ2v) is 9.10. The molecule has 0 unspecified atom stereocenters. The molecule has 3 aromatic rings. The van der Waals surface area contributed by atoms with Gasteiger partial charge in [-0.15, -0.1) is 0 Å². The van der Waals surface area contributed by atoms with Crippen LogP contribution in [-0.2, 0) is 16.4 Å². The van der Waals surface area contributed by atoms with Gasteiger partial charge in [0.1, 0.15) is 5.75 Å². The number of sulfonamides is 1. The van der Waals surface area contributed by atoms with E-state index in [4.69, 9.17) is 4.74 Å². The van der Waals surface area contributed by atoms with Crippen LogP contribution in [-0.4, -0.2) is 52.1 Å². The van der Waals surface area contributed by atoms with Crippen LogP contribution >= 0.6 is 0 Å². The molecule has 29 heavy (non-hydrogen) atoms. The SMILES string of the molecule is CN(C)CCCOc1ccc(S(=O)(=O)NCCCc2c[nH]c3ccccc23)cc1. The van der Waals surface area contributed by atoms with Gasteiger partial charge in [0, 0.05) is 30.2 Å². The number of aromatic amines is 1. The Morgan fingerprint density at radius 3 is 2.55 bits per heavy atom. The zero-order valence-electron chi connectivity index (χ0n) is 17.0. The van der Waals surface area contributed by atoms with Gasteiger partial charge >= 0.3 is 0 Å². The third-order valence-electron chi connectivity index (χ3n) is 4.74. The standard InChI is InChI=1S/C22H29N3O3S/c1-25(2)15-6-16-28-19-10-12-20(13-11-19)29(26,27)24-14-5-7-18-17-23-22-9-4-3-8-21(18)22/h3-4,8-13,17,23-24H,5-7,14-16H2,1-2H3. The van der Waals surface area contributed by atoms with Crippen molar-refractivity contribution in [1.29, 1.82) is 0 Å². The monoisotopic (exact) mass is 415 g/mol. The van der Waals surface area contributed by atoms with Gasteiger partial charge in [-0.05, 0) is 69.3 Å². The summed E-state index contributed by atoms with van der Waals surface area (Å²) >= 11 is 0. The van der Waals surface area contributed by atoms with Crippen molar-refractivity contribution in [3.63, 3.8) is 0 Å². The first kappa shape index (κ1) is 21.4. The first-order chi connectivity index (χ1) is 14.0. The summed E-state index contributed by atoms with van der Waals surface area (Å²) in [5.41, 5.74) is 2.31. The average Bonchev–Trinajstić information content (AvgIpc) is 3.12. The Balaban J connectivity index is 1.46. The number of fused-ring (bicyclic) bond motifs is 1. The Kier molecular flexibility index (Phi) is 7.30. The maximum atomic E-state index is 12.5. The molecule has 1 aromatic heterocycles. The second-order valence-electron chi connectivity index (χ2n) is 7.34. The number of H-pyrrole nitrogens is 1. The van der Waals surface area contributed by atoms with E-state index in [0.717, 1.165) is 31.3 Å². The van der Waals surface area contributed by atoms with Crippen LogP contribution in [0.5, 0.6) is 5.75 Å². The third kappa shape index (κ3) is 6.06. The van der Waals surface area contributed by atoms with Gasteiger partial charge in [0.05, 0.1) is 11.5 Å². The fraction of sp³-hybridized carbons (Fsp3) is 0.364. The molecule has 1 heterocycles. The van der Waals surface area contributed by atoms with Gasteiger partial charge in [-0.1, -0.05) is 18.2 Å². The molecule has 3 rings (SSSR count). The smallest absolute Gasteiger partial charge is 0.240 e. The van der Waals surface area contributed by atoms with Crippen molar-refractivity contribution in [1.82, 2.24) is 14.6 Å². The molecule has 0 bridgehead atoms. The van der Waals surface area contributed by atoms with E-state index < -0.39 is 10.0 Å². The fourth-order valence-electron chi connectivity index (χ4n) is 3.19. The summed E-state index contributed by atoms with van der Waals surface area (Å²) in [5.74, 6) is 0.682. The normalized spacial score (nSPS) is 12.0. The molecule has 0 atom stereocenters. The first-order valence-electron chi connectivity index (χ1n) is 9.88. The zero-order valence-corrected chi connectivity index (χ0v) is 17.8. The lowest BCUT2D eigenvalue weighted by Gasteiger charge is -2.11. The third-order valence-corrected chi connectivity index (χ3v) is 6.22. The van der Waals surface area contributed by atoms with Crippen molar-refractivity contribution < 1.29 is 13.2 Å². The number of aromatic nitrogens is 1. The molecule has 0 aliphatic rings. The van der Waals surface area contributed by atoms with Crippen LogP contribution in [0.25, 0.3) is 10.9 Å². The van der Waals surface area contributed by atoms with E-state index in [0.29, 0.717) is 18.9 Å². The molecule has 0 saturated heterocycles. The number of hydrogen-bond donors (Lipinski definition) is 2. The maximum Gasteiger partial charge on any atom is 0.240 e. The van der Waals surface area contributed by atoms with Crippen LogP contribution in [0.15, 0.2) is 59.6 Å². The van der Waals surface area contributed by atoms with E-state index in [1.807, 2.05) is 38.5 Å². The van der Waals surface area contributed by atoms with E-state index in [2.05, 4.69) is 20.7 Å². The number of nitrogens with one attached hydrogen (secondary N) is 2. The van der Waals surface area contributed by atoms with Crippen molar-refractivity contribution in [2.45, 2.75) is 24.2 Å². The van der Waals surface area contributed by atoms with Gasteiger partial charge < -0.3 is 14.6 Å². The number of hydrogen-bond acceptors (Lipinski definition) is 4. The van der Waals surface area contributed by atoms with Gasteiger partial charge in [0.15, 0.2) is 0 Å². The minimum Gasteiger partial charge on any atom is -0.494 e. The summed E-state index contributed by atoms with van der Waals surface area (Å²) in [7, 11) is 0.525. The number of benzene rings is 2. The molecule has 2 N–H and O–H groups in total. The summed E-state index contributed by atoms with van der Waals surface area (Å²) < 4.78 is 33.3. The van der Waals surface area contributed by atoms with Gasteiger partial charge in [-0.2, -0.15) is 0 Å². The van der Waals surface area contributed by atoms with Crippen LogP contribution in [0.4, 0.5) is 0 Å². The van der Waals surface area contributed by atoms with Crippen molar-refractivity contribution in [3.8, 4) is 5.75 Å². The Morgan fingerprint density at radius 2 is 1.79 bits per heavy atom. The molecule has 0 amide bonds.